The molecule has 0 N–H and O–H groups in total. The second-order valence-corrected chi connectivity index (χ2v) is 9.25. The summed E-state index contributed by atoms with van der Waals surface area (Å²) in [5.74, 6) is 1.56. The molecule has 0 unspecified atom stereocenters. The molecule has 0 aliphatic heterocycles. The van der Waals surface area contributed by atoms with Crippen LogP contribution in [-0.2, 0) is 20.6 Å². The van der Waals surface area contributed by atoms with Crippen LogP contribution in [0, 0.1) is 0 Å². The predicted octanol–water partition coefficient (Wildman–Crippen LogP) is 6.77. The standard InChI is InChI=1S/C32H42O8/c1-23(2)9-8-10-24(3)11-17-27-29(39-21-35-5)19-30(40-22-36-6)31(32(27)37-7)28(33)18-14-25-12-15-26(16-13-25)38-20-34-4/h9,11-16,18-19H,8,10,17,20-22H2,1-7H3/b18-14+,24-11+. The van der Waals surface area contributed by atoms with Crippen molar-refractivity contribution in [1.82, 2.24) is 0 Å². The molecule has 0 bridgehead atoms. The Bertz CT molecular complexity index is 1160. The molecule has 0 aliphatic carbocycles. The third kappa shape index (κ3) is 10.5. The first-order chi connectivity index (χ1) is 19.3. The summed E-state index contributed by atoms with van der Waals surface area (Å²) in [4.78, 5) is 13.6. The SMILES string of the molecule is COCOc1ccc(/C=C/C(=O)c2c(OCOC)cc(OCOC)c(C/C=C(\C)CCC=C(C)C)c2OC)cc1. The van der Waals surface area contributed by atoms with Gasteiger partial charge in [-0.15, -0.1) is 0 Å². The van der Waals surface area contributed by atoms with E-state index in [1.807, 2.05) is 24.3 Å². The van der Waals surface area contributed by atoms with Crippen LogP contribution in [0.1, 0.15) is 55.1 Å². The fourth-order valence-corrected chi connectivity index (χ4v) is 3.82. The van der Waals surface area contributed by atoms with E-state index in [1.165, 1.54) is 31.4 Å². The van der Waals surface area contributed by atoms with Gasteiger partial charge >= 0.3 is 0 Å². The highest BCUT2D eigenvalue weighted by Gasteiger charge is 2.24. The van der Waals surface area contributed by atoms with Crippen molar-refractivity contribution < 1.29 is 38.0 Å². The normalized spacial score (nSPS) is 11.4. The van der Waals surface area contributed by atoms with Crippen LogP contribution < -0.4 is 18.9 Å². The van der Waals surface area contributed by atoms with E-state index in [0.29, 0.717) is 23.7 Å². The number of hydrogen-bond donors (Lipinski definition) is 0. The summed E-state index contributed by atoms with van der Waals surface area (Å²) in [6.07, 6.45) is 9.96. The van der Waals surface area contributed by atoms with Crippen molar-refractivity contribution in [1.29, 1.82) is 0 Å². The molecule has 40 heavy (non-hydrogen) atoms. The topological polar surface area (TPSA) is 81.7 Å². The van der Waals surface area contributed by atoms with Crippen molar-refractivity contribution in [3.05, 3.63) is 76.4 Å². The molecule has 2 aromatic rings. The highest BCUT2D eigenvalue weighted by molar-refractivity contribution is 6.11. The third-order valence-electron chi connectivity index (χ3n) is 5.82. The number of carbonyl (C=O) groups excluding carboxylic acids is 1. The van der Waals surface area contributed by atoms with Gasteiger partial charge in [-0.3, -0.25) is 4.79 Å². The Balaban J connectivity index is 2.48. The maximum atomic E-state index is 13.6. The van der Waals surface area contributed by atoms with E-state index in [1.54, 1.807) is 26.4 Å². The Morgan fingerprint density at radius 2 is 1.43 bits per heavy atom. The zero-order valence-electron chi connectivity index (χ0n) is 24.7. The van der Waals surface area contributed by atoms with Crippen molar-refractivity contribution in [2.45, 2.75) is 40.0 Å². The van der Waals surface area contributed by atoms with Crippen LogP contribution in [0.2, 0.25) is 0 Å². The lowest BCUT2D eigenvalue weighted by Gasteiger charge is -2.20. The van der Waals surface area contributed by atoms with Gasteiger partial charge < -0.3 is 33.2 Å². The predicted molar refractivity (Wildman–Crippen MR) is 156 cm³/mol. The summed E-state index contributed by atoms with van der Waals surface area (Å²) in [7, 11) is 6.15. The van der Waals surface area contributed by atoms with E-state index in [4.69, 9.17) is 33.2 Å². The molecule has 8 nitrogen and oxygen atoms in total. The minimum absolute atomic E-state index is 0.0282. The molecule has 2 rings (SSSR count). The first kappa shape index (κ1) is 32.6. The fraction of sp³-hybridized carbons (Fsp3) is 0.406. The zero-order valence-corrected chi connectivity index (χ0v) is 24.7. The molecule has 0 amide bonds. The number of ketones is 1. The maximum Gasteiger partial charge on any atom is 0.193 e. The Labute approximate surface area is 238 Å². The van der Waals surface area contributed by atoms with Crippen molar-refractivity contribution in [3.63, 3.8) is 0 Å². The molecule has 0 saturated heterocycles. The van der Waals surface area contributed by atoms with Gasteiger partial charge in [0.15, 0.2) is 26.2 Å². The highest BCUT2D eigenvalue weighted by atomic mass is 16.7. The second-order valence-electron chi connectivity index (χ2n) is 9.25. The van der Waals surface area contributed by atoms with Crippen LogP contribution in [0.5, 0.6) is 23.0 Å². The van der Waals surface area contributed by atoms with E-state index in [0.717, 1.165) is 24.0 Å². The van der Waals surface area contributed by atoms with Gasteiger partial charge in [0, 0.05) is 33.0 Å². The van der Waals surface area contributed by atoms with Gasteiger partial charge in [0.05, 0.1) is 7.11 Å². The average Bonchev–Trinajstić information content (AvgIpc) is 2.95. The van der Waals surface area contributed by atoms with Crippen LogP contribution >= 0.6 is 0 Å². The summed E-state index contributed by atoms with van der Waals surface area (Å²) in [5.41, 5.74) is 4.35. The van der Waals surface area contributed by atoms with Gasteiger partial charge in [-0.05, 0) is 63.8 Å². The molecule has 0 saturated carbocycles. The Kier molecular flexibility index (Phi) is 14.6. The van der Waals surface area contributed by atoms with Gasteiger partial charge in [-0.2, -0.15) is 0 Å². The van der Waals surface area contributed by atoms with Gasteiger partial charge in [-0.1, -0.05) is 41.5 Å². The lowest BCUT2D eigenvalue weighted by atomic mass is 9.98. The first-order valence-electron chi connectivity index (χ1n) is 13.0. The largest absolute Gasteiger partial charge is 0.495 e. The second kappa shape index (κ2) is 17.9. The molecular weight excluding hydrogens is 512 g/mol. The Hall–Kier alpha value is -3.59. The number of hydrogen-bond acceptors (Lipinski definition) is 8. The summed E-state index contributed by atoms with van der Waals surface area (Å²) in [5, 5.41) is 0. The lowest BCUT2D eigenvalue weighted by Crippen LogP contribution is -2.11. The number of carbonyl (C=O) groups is 1. The summed E-state index contributed by atoms with van der Waals surface area (Å²) >= 11 is 0. The van der Waals surface area contributed by atoms with Crippen molar-refractivity contribution in [2.75, 3.05) is 48.8 Å². The van der Waals surface area contributed by atoms with Crippen LogP contribution in [0.4, 0.5) is 0 Å². The van der Waals surface area contributed by atoms with Gasteiger partial charge in [0.25, 0.3) is 0 Å². The average molecular weight is 555 g/mol. The van der Waals surface area contributed by atoms with E-state index < -0.39 is 0 Å². The van der Waals surface area contributed by atoms with Gasteiger partial charge in [0.2, 0.25) is 0 Å². The van der Waals surface area contributed by atoms with E-state index in [9.17, 15) is 4.79 Å². The number of ether oxygens (including phenoxy) is 7. The Morgan fingerprint density at radius 1 is 0.800 bits per heavy atom. The van der Waals surface area contributed by atoms with Crippen LogP contribution in [0.3, 0.4) is 0 Å². The maximum absolute atomic E-state index is 13.6. The molecule has 8 heteroatoms. The van der Waals surface area contributed by atoms with E-state index in [2.05, 4.69) is 32.9 Å². The minimum Gasteiger partial charge on any atom is -0.495 e. The Morgan fingerprint density at radius 3 is 2.02 bits per heavy atom. The minimum atomic E-state index is -0.286. The first-order valence-corrected chi connectivity index (χ1v) is 13.0. The van der Waals surface area contributed by atoms with Crippen molar-refractivity contribution in [3.8, 4) is 23.0 Å². The zero-order chi connectivity index (χ0) is 29.3. The van der Waals surface area contributed by atoms with Crippen LogP contribution in [-0.4, -0.2) is 54.6 Å². The molecule has 0 aliphatic rings. The summed E-state index contributed by atoms with van der Waals surface area (Å²) < 4.78 is 38.1. The number of benzene rings is 2. The molecule has 0 fully saturated rings. The van der Waals surface area contributed by atoms with Crippen LogP contribution in [0.15, 0.2) is 59.7 Å². The lowest BCUT2D eigenvalue weighted by molar-refractivity contribution is 0.0448. The smallest absolute Gasteiger partial charge is 0.193 e. The van der Waals surface area contributed by atoms with Gasteiger partial charge in [0.1, 0.15) is 28.6 Å². The highest BCUT2D eigenvalue weighted by Crippen LogP contribution is 2.41. The van der Waals surface area contributed by atoms with E-state index >= 15 is 0 Å². The summed E-state index contributed by atoms with van der Waals surface area (Å²) in [6, 6.07) is 9.01. The monoisotopic (exact) mass is 554 g/mol. The van der Waals surface area contributed by atoms with Gasteiger partial charge in [-0.25, -0.2) is 0 Å². The molecule has 0 radical (unpaired) electrons. The number of rotatable bonds is 18. The van der Waals surface area contributed by atoms with Crippen molar-refractivity contribution >= 4 is 11.9 Å². The number of allylic oxidation sites excluding steroid dienone is 5. The number of methoxy groups -OCH3 is 4. The van der Waals surface area contributed by atoms with E-state index in [-0.39, 0.29) is 37.5 Å². The summed E-state index contributed by atoms with van der Waals surface area (Å²) in [6.45, 7) is 6.42. The quantitative estimate of drug-likeness (QED) is 0.0864. The molecule has 0 aromatic heterocycles. The van der Waals surface area contributed by atoms with Crippen molar-refractivity contribution in [2.24, 2.45) is 0 Å². The molecule has 0 spiro atoms. The third-order valence-corrected chi connectivity index (χ3v) is 5.82. The molecule has 218 valence electrons. The molecule has 0 heterocycles. The molecule has 0 atom stereocenters. The van der Waals surface area contributed by atoms with Crippen LogP contribution in [0.25, 0.3) is 6.08 Å². The fourth-order valence-electron chi connectivity index (χ4n) is 3.82. The molecule has 2 aromatic carbocycles. The molecular formula is C32H42O8.